The third-order valence-electron chi connectivity index (χ3n) is 5.12. The number of aliphatic carboxylic acids is 1. The molecule has 1 aromatic heterocycles. The van der Waals surface area contributed by atoms with E-state index in [1.165, 1.54) is 6.20 Å². The van der Waals surface area contributed by atoms with Crippen molar-refractivity contribution < 1.29 is 27.9 Å². The Morgan fingerprint density at radius 1 is 1.38 bits per heavy atom. The molecule has 1 aliphatic heterocycles. The Kier molecular flexibility index (Phi) is 4.52. The zero-order valence-electron chi connectivity index (χ0n) is 14.7. The molecule has 0 radical (unpaired) electrons. The van der Waals surface area contributed by atoms with E-state index in [0.717, 1.165) is 23.4 Å². The highest BCUT2D eigenvalue weighted by Gasteiger charge is 2.64. The summed E-state index contributed by atoms with van der Waals surface area (Å²) in [4.78, 5) is 25.2. The highest BCUT2D eigenvalue weighted by molar-refractivity contribution is 5.96. The predicted molar refractivity (Wildman–Crippen MR) is 85.7 cm³/mol. The summed E-state index contributed by atoms with van der Waals surface area (Å²) in [5, 5.41) is 13.4. The van der Waals surface area contributed by atoms with Gasteiger partial charge in [-0.1, -0.05) is 13.8 Å². The van der Waals surface area contributed by atoms with Crippen LogP contribution in [0.4, 0.5) is 13.2 Å². The van der Waals surface area contributed by atoms with Crippen LogP contribution in [0.3, 0.4) is 0 Å². The van der Waals surface area contributed by atoms with Gasteiger partial charge in [0.05, 0.1) is 17.5 Å². The lowest BCUT2D eigenvalue weighted by molar-refractivity contribution is -0.227. The minimum Gasteiger partial charge on any atom is -0.481 e. The van der Waals surface area contributed by atoms with Crippen LogP contribution in [0.15, 0.2) is 6.20 Å². The molecule has 0 spiro atoms. The maximum Gasteiger partial charge on any atom is 0.406 e. The van der Waals surface area contributed by atoms with Gasteiger partial charge in [0, 0.05) is 25.6 Å². The van der Waals surface area contributed by atoms with Gasteiger partial charge in [-0.3, -0.25) is 14.3 Å². The Bertz CT molecular complexity index is 725. The SMILES string of the molecule is CC(C)Cn1ncc(C(=O)N2CCC(C(=O)O)(C(F)(F)F)C2)c1C1CC1. The fourth-order valence-corrected chi connectivity index (χ4v) is 3.52. The molecule has 1 saturated heterocycles. The molecular weight excluding hydrogens is 351 g/mol. The Balaban J connectivity index is 1.87. The van der Waals surface area contributed by atoms with Crippen molar-refractivity contribution in [2.75, 3.05) is 13.1 Å². The standard InChI is InChI=1S/C17H22F3N3O3/c1-10(2)8-23-13(11-3-4-11)12(7-21-23)14(24)22-6-5-16(9-22,15(25)26)17(18,19)20/h7,10-11H,3-6,8-9H2,1-2H3,(H,25,26). The number of carbonyl (C=O) groups excluding carboxylic acids is 1. The van der Waals surface area contributed by atoms with Gasteiger partial charge in [0.15, 0.2) is 5.41 Å². The Morgan fingerprint density at radius 3 is 2.50 bits per heavy atom. The molecule has 1 aromatic rings. The number of aromatic nitrogens is 2. The largest absolute Gasteiger partial charge is 0.481 e. The average Bonchev–Trinajstić information content (AvgIpc) is 3.09. The maximum atomic E-state index is 13.3. The van der Waals surface area contributed by atoms with Crippen LogP contribution in [-0.4, -0.2) is 50.9 Å². The average molecular weight is 373 g/mol. The van der Waals surface area contributed by atoms with Crippen LogP contribution in [0.25, 0.3) is 0 Å². The molecule has 1 unspecified atom stereocenters. The molecule has 0 aromatic carbocycles. The van der Waals surface area contributed by atoms with Crippen LogP contribution in [0.2, 0.25) is 0 Å². The number of rotatable bonds is 5. The fraction of sp³-hybridized carbons (Fsp3) is 0.706. The van der Waals surface area contributed by atoms with Crippen LogP contribution in [0, 0.1) is 11.3 Å². The van der Waals surface area contributed by atoms with E-state index in [0.29, 0.717) is 18.0 Å². The molecule has 2 aliphatic rings. The van der Waals surface area contributed by atoms with Crippen molar-refractivity contribution in [1.29, 1.82) is 0 Å². The molecule has 144 valence electrons. The van der Waals surface area contributed by atoms with Gasteiger partial charge < -0.3 is 10.0 Å². The number of carboxylic acid groups (broad SMARTS) is 1. The number of carbonyl (C=O) groups is 2. The highest BCUT2D eigenvalue weighted by Crippen LogP contribution is 2.47. The van der Waals surface area contributed by atoms with Crippen molar-refractivity contribution in [3.8, 4) is 0 Å². The van der Waals surface area contributed by atoms with Crippen LogP contribution >= 0.6 is 0 Å². The van der Waals surface area contributed by atoms with Crippen molar-refractivity contribution in [3.05, 3.63) is 17.5 Å². The van der Waals surface area contributed by atoms with Gasteiger partial charge in [0.2, 0.25) is 0 Å². The van der Waals surface area contributed by atoms with Gasteiger partial charge in [0.25, 0.3) is 5.91 Å². The summed E-state index contributed by atoms with van der Waals surface area (Å²) >= 11 is 0. The van der Waals surface area contributed by atoms with Gasteiger partial charge in [-0.2, -0.15) is 18.3 Å². The zero-order valence-corrected chi connectivity index (χ0v) is 14.7. The van der Waals surface area contributed by atoms with Gasteiger partial charge in [-0.15, -0.1) is 0 Å². The molecular formula is C17H22F3N3O3. The summed E-state index contributed by atoms with van der Waals surface area (Å²) < 4.78 is 41.8. The number of likely N-dealkylation sites (tertiary alicyclic amines) is 1. The first-order chi connectivity index (χ1) is 12.1. The number of alkyl halides is 3. The number of amides is 1. The molecule has 3 rings (SSSR count). The molecule has 0 bridgehead atoms. The lowest BCUT2D eigenvalue weighted by Gasteiger charge is -2.27. The third-order valence-corrected chi connectivity index (χ3v) is 5.12. The number of hydrogen-bond donors (Lipinski definition) is 1. The van der Waals surface area contributed by atoms with E-state index < -0.39 is 36.4 Å². The summed E-state index contributed by atoms with van der Waals surface area (Å²) in [7, 11) is 0. The highest BCUT2D eigenvalue weighted by atomic mass is 19.4. The van der Waals surface area contributed by atoms with Crippen LogP contribution < -0.4 is 0 Å². The summed E-state index contributed by atoms with van der Waals surface area (Å²) in [6, 6.07) is 0. The van der Waals surface area contributed by atoms with Crippen molar-refractivity contribution in [1.82, 2.24) is 14.7 Å². The van der Waals surface area contributed by atoms with Crippen molar-refractivity contribution in [2.24, 2.45) is 11.3 Å². The Labute approximate surface area is 149 Å². The van der Waals surface area contributed by atoms with E-state index in [4.69, 9.17) is 5.11 Å². The fourth-order valence-electron chi connectivity index (χ4n) is 3.52. The number of nitrogens with zero attached hydrogens (tertiary/aromatic N) is 3. The molecule has 6 nitrogen and oxygen atoms in total. The van der Waals surface area contributed by atoms with E-state index >= 15 is 0 Å². The minimum absolute atomic E-state index is 0.199. The first kappa shape index (κ1) is 18.7. The molecule has 26 heavy (non-hydrogen) atoms. The molecule has 2 fully saturated rings. The maximum absolute atomic E-state index is 13.3. The lowest BCUT2D eigenvalue weighted by Crippen LogP contribution is -2.47. The van der Waals surface area contributed by atoms with E-state index in [9.17, 15) is 22.8 Å². The summed E-state index contributed by atoms with van der Waals surface area (Å²) in [5.74, 6) is -1.98. The smallest absolute Gasteiger partial charge is 0.406 e. The van der Waals surface area contributed by atoms with Crippen molar-refractivity contribution >= 4 is 11.9 Å². The normalized spacial score (nSPS) is 23.7. The van der Waals surface area contributed by atoms with Crippen LogP contribution in [0.1, 0.15) is 55.1 Å². The first-order valence-electron chi connectivity index (χ1n) is 8.72. The predicted octanol–water partition coefficient (Wildman–Crippen LogP) is 2.90. The van der Waals surface area contributed by atoms with Crippen molar-refractivity contribution in [2.45, 2.75) is 51.7 Å². The quantitative estimate of drug-likeness (QED) is 0.861. The van der Waals surface area contributed by atoms with E-state index in [-0.39, 0.29) is 12.5 Å². The Hall–Kier alpha value is -2.06. The monoisotopic (exact) mass is 373 g/mol. The second kappa shape index (κ2) is 6.28. The molecule has 1 aliphatic carbocycles. The number of carboxylic acids is 1. The van der Waals surface area contributed by atoms with Gasteiger partial charge in [-0.05, 0) is 25.2 Å². The number of hydrogen-bond acceptors (Lipinski definition) is 3. The van der Waals surface area contributed by atoms with Crippen molar-refractivity contribution in [3.63, 3.8) is 0 Å². The van der Waals surface area contributed by atoms with E-state index in [1.54, 1.807) is 4.68 Å². The number of halogens is 3. The zero-order chi connectivity index (χ0) is 19.3. The lowest BCUT2D eigenvalue weighted by atomic mass is 9.86. The van der Waals surface area contributed by atoms with Crippen LogP contribution in [0.5, 0.6) is 0 Å². The first-order valence-corrected chi connectivity index (χ1v) is 8.72. The third kappa shape index (κ3) is 3.07. The van der Waals surface area contributed by atoms with Gasteiger partial charge >= 0.3 is 12.1 Å². The molecule has 1 atom stereocenters. The molecule has 1 amide bonds. The minimum atomic E-state index is -4.91. The summed E-state index contributed by atoms with van der Waals surface area (Å²) in [5.41, 5.74) is -1.82. The van der Waals surface area contributed by atoms with E-state index in [1.807, 2.05) is 13.8 Å². The molecule has 1 saturated carbocycles. The molecule has 2 heterocycles. The molecule has 9 heteroatoms. The summed E-state index contributed by atoms with van der Waals surface area (Å²) in [6.07, 6.45) is -2.28. The second-order valence-electron chi connectivity index (χ2n) is 7.66. The summed E-state index contributed by atoms with van der Waals surface area (Å²) in [6.45, 7) is 3.57. The van der Waals surface area contributed by atoms with Gasteiger partial charge in [-0.25, -0.2) is 0 Å². The second-order valence-corrected chi connectivity index (χ2v) is 7.66. The van der Waals surface area contributed by atoms with Gasteiger partial charge in [0.1, 0.15) is 0 Å². The Morgan fingerprint density at radius 2 is 2.04 bits per heavy atom. The van der Waals surface area contributed by atoms with E-state index in [2.05, 4.69) is 5.10 Å². The molecule has 1 N–H and O–H groups in total. The topological polar surface area (TPSA) is 75.4 Å². The van der Waals surface area contributed by atoms with Crippen LogP contribution in [-0.2, 0) is 11.3 Å².